The van der Waals surface area contributed by atoms with Crippen LogP contribution in [0.4, 0.5) is 5.13 Å². The summed E-state index contributed by atoms with van der Waals surface area (Å²) in [7, 11) is 0. The molecule has 4 aromatic rings. The Morgan fingerprint density at radius 3 is 2.61 bits per heavy atom. The number of hydrogen-bond acceptors (Lipinski definition) is 7. The van der Waals surface area contributed by atoms with Crippen LogP contribution in [0.2, 0.25) is 0 Å². The van der Waals surface area contributed by atoms with Gasteiger partial charge >= 0.3 is 0 Å². The Hall–Kier alpha value is -3.50. The van der Waals surface area contributed by atoms with Crippen LogP contribution in [0.1, 0.15) is 11.3 Å². The highest BCUT2D eigenvalue weighted by atomic mass is 32.2. The quantitative estimate of drug-likeness (QED) is 0.251. The molecule has 2 amide bonds. The van der Waals surface area contributed by atoms with E-state index in [9.17, 15) is 14.4 Å². The lowest BCUT2D eigenvalue weighted by atomic mass is 10.1. The van der Waals surface area contributed by atoms with Crippen LogP contribution in [-0.4, -0.2) is 39.1 Å². The van der Waals surface area contributed by atoms with Gasteiger partial charge in [-0.1, -0.05) is 65.6 Å². The fraction of sp³-hybridized carbons (Fsp3) is 0.174. The highest BCUT2D eigenvalue weighted by Gasteiger charge is 2.11. The minimum Gasteiger partial charge on any atom is -0.355 e. The number of fused-ring (bicyclic) bond motifs is 1. The van der Waals surface area contributed by atoms with Crippen LogP contribution in [0.25, 0.3) is 10.2 Å². The van der Waals surface area contributed by atoms with Crippen molar-refractivity contribution in [1.82, 2.24) is 20.3 Å². The molecule has 4 rings (SSSR count). The van der Waals surface area contributed by atoms with Gasteiger partial charge in [0, 0.05) is 12.6 Å². The van der Waals surface area contributed by atoms with Crippen molar-refractivity contribution in [3.8, 4) is 0 Å². The number of para-hydroxylation sites is 1. The molecular formula is C23H21N5O3S2. The Morgan fingerprint density at radius 1 is 1.00 bits per heavy atom. The summed E-state index contributed by atoms with van der Waals surface area (Å²) in [6.07, 6.45) is 0.713. The van der Waals surface area contributed by atoms with Crippen LogP contribution in [-0.2, 0) is 22.4 Å². The summed E-state index contributed by atoms with van der Waals surface area (Å²) in [6.45, 7) is 0.500. The first-order valence-electron chi connectivity index (χ1n) is 10.2. The first-order chi connectivity index (χ1) is 16.0. The second-order valence-electron chi connectivity index (χ2n) is 7.13. The van der Waals surface area contributed by atoms with Crippen LogP contribution in [0.3, 0.4) is 0 Å². The van der Waals surface area contributed by atoms with Crippen molar-refractivity contribution >= 4 is 50.3 Å². The number of anilines is 1. The van der Waals surface area contributed by atoms with E-state index in [0.717, 1.165) is 34.0 Å². The maximum Gasteiger partial charge on any atom is 0.251 e. The number of thioether (sulfide) groups is 1. The van der Waals surface area contributed by atoms with Crippen molar-refractivity contribution < 1.29 is 9.59 Å². The van der Waals surface area contributed by atoms with E-state index in [1.807, 2.05) is 54.6 Å². The van der Waals surface area contributed by atoms with E-state index in [0.29, 0.717) is 17.4 Å². The minimum absolute atomic E-state index is 0.00975. The van der Waals surface area contributed by atoms with E-state index in [4.69, 9.17) is 0 Å². The number of nitrogens with one attached hydrogen (secondary N) is 3. The molecule has 0 saturated carbocycles. The number of benzene rings is 2. The summed E-state index contributed by atoms with van der Waals surface area (Å²) >= 11 is 2.49. The maximum atomic E-state index is 12.3. The lowest BCUT2D eigenvalue weighted by Gasteiger charge is -2.06. The van der Waals surface area contributed by atoms with Gasteiger partial charge in [0.05, 0.1) is 28.1 Å². The zero-order valence-corrected chi connectivity index (χ0v) is 19.2. The Balaban J connectivity index is 1.27. The third kappa shape index (κ3) is 6.74. The smallest absolute Gasteiger partial charge is 0.251 e. The van der Waals surface area contributed by atoms with Crippen molar-refractivity contribution in [2.24, 2.45) is 0 Å². The molecule has 3 N–H and O–H groups in total. The van der Waals surface area contributed by atoms with Crippen molar-refractivity contribution in [2.45, 2.75) is 18.0 Å². The van der Waals surface area contributed by atoms with Gasteiger partial charge in [-0.15, -0.1) is 0 Å². The number of amides is 2. The molecule has 0 aliphatic carbocycles. The molecule has 0 unspecified atom stereocenters. The number of thiazole rings is 1. The van der Waals surface area contributed by atoms with Crippen LogP contribution >= 0.6 is 23.1 Å². The van der Waals surface area contributed by atoms with Gasteiger partial charge in [-0.05, 0) is 24.1 Å². The third-order valence-corrected chi connectivity index (χ3v) is 6.40. The molecule has 0 radical (unpaired) electrons. The Bertz CT molecular complexity index is 1290. The van der Waals surface area contributed by atoms with Crippen LogP contribution in [0.15, 0.2) is 70.6 Å². The topological polar surface area (TPSA) is 117 Å². The monoisotopic (exact) mass is 479 g/mol. The van der Waals surface area contributed by atoms with Gasteiger partial charge in [-0.25, -0.2) is 9.97 Å². The van der Waals surface area contributed by atoms with Gasteiger partial charge in [-0.2, -0.15) is 0 Å². The minimum atomic E-state index is -0.369. The highest BCUT2D eigenvalue weighted by molar-refractivity contribution is 7.99. The number of hydrogen-bond donors (Lipinski definition) is 3. The summed E-state index contributed by atoms with van der Waals surface area (Å²) in [5.41, 5.74) is 1.94. The van der Waals surface area contributed by atoms with E-state index in [-0.39, 0.29) is 34.7 Å². The molecule has 0 atom stereocenters. The number of carbonyl (C=O) groups excluding carboxylic acids is 2. The van der Waals surface area contributed by atoms with Crippen LogP contribution in [0, 0.1) is 0 Å². The average Bonchev–Trinajstić information content (AvgIpc) is 3.20. The number of H-pyrrole nitrogens is 1. The molecule has 0 aliphatic rings. The second-order valence-corrected chi connectivity index (χ2v) is 9.12. The number of aromatic amines is 1. The first-order valence-corrected chi connectivity index (χ1v) is 12.0. The van der Waals surface area contributed by atoms with Crippen molar-refractivity contribution in [3.05, 3.63) is 82.3 Å². The molecule has 0 saturated heterocycles. The first kappa shape index (κ1) is 22.7. The van der Waals surface area contributed by atoms with E-state index in [2.05, 4.69) is 25.6 Å². The Morgan fingerprint density at radius 2 is 1.79 bits per heavy atom. The predicted molar refractivity (Wildman–Crippen MR) is 131 cm³/mol. The molecular weight excluding hydrogens is 458 g/mol. The van der Waals surface area contributed by atoms with Gasteiger partial charge in [0.15, 0.2) is 10.3 Å². The van der Waals surface area contributed by atoms with Crippen molar-refractivity contribution in [2.75, 3.05) is 17.6 Å². The normalized spacial score (nSPS) is 10.8. The van der Waals surface area contributed by atoms with Gasteiger partial charge in [-0.3, -0.25) is 14.4 Å². The molecule has 8 nitrogen and oxygen atoms in total. The average molecular weight is 480 g/mol. The van der Waals surface area contributed by atoms with Gasteiger partial charge < -0.3 is 15.6 Å². The van der Waals surface area contributed by atoms with Gasteiger partial charge in [0.2, 0.25) is 11.8 Å². The molecule has 10 heteroatoms. The van der Waals surface area contributed by atoms with E-state index in [1.54, 1.807) is 0 Å². The van der Waals surface area contributed by atoms with E-state index >= 15 is 0 Å². The molecule has 2 aromatic carbocycles. The van der Waals surface area contributed by atoms with Gasteiger partial charge in [0.25, 0.3) is 5.56 Å². The summed E-state index contributed by atoms with van der Waals surface area (Å²) in [5, 5.41) is 6.41. The van der Waals surface area contributed by atoms with Crippen LogP contribution < -0.4 is 16.2 Å². The number of carbonyl (C=O) groups is 2. The van der Waals surface area contributed by atoms with Crippen molar-refractivity contribution in [3.63, 3.8) is 0 Å². The SMILES string of the molecule is O=C(Cc1cc(=O)[nH]c(SCC(=O)Nc2nc3ccccc3s2)n1)NCCc1ccccc1. The highest BCUT2D eigenvalue weighted by Crippen LogP contribution is 2.25. The maximum absolute atomic E-state index is 12.3. The van der Waals surface area contributed by atoms with Crippen molar-refractivity contribution in [1.29, 1.82) is 0 Å². The molecule has 0 spiro atoms. The molecule has 2 heterocycles. The number of rotatable bonds is 9. The summed E-state index contributed by atoms with van der Waals surface area (Å²) in [5.74, 6) is -0.426. The molecule has 0 fully saturated rings. The number of aromatic nitrogens is 3. The number of nitrogens with zero attached hydrogens (tertiary/aromatic N) is 2. The summed E-state index contributed by atoms with van der Waals surface area (Å²) in [4.78, 5) is 47.8. The lowest BCUT2D eigenvalue weighted by Crippen LogP contribution is -2.28. The third-order valence-electron chi connectivity index (χ3n) is 4.57. The fourth-order valence-corrected chi connectivity index (χ4v) is 4.65. The molecule has 33 heavy (non-hydrogen) atoms. The standard InChI is InChI=1S/C23H21N5O3S2/c29-19(24-11-10-15-6-2-1-3-7-15)12-16-13-20(30)27-22(25-16)32-14-21(31)28-23-26-17-8-4-5-9-18(17)33-23/h1-9,13H,10-12,14H2,(H,24,29)(H,25,27,30)(H,26,28,31). The predicted octanol–water partition coefficient (Wildman–Crippen LogP) is 3.01. The second kappa shape index (κ2) is 10.9. The largest absolute Gasteiger partial charge is 0.355 e. The van der Waals surface area contributed by atoms with E-state index in [1.165, 1.54) is 17.4 Å². The summed E-state index contributed by atoms with van der Waals surface area (Å²) in [6, 6.07) is 18.8. The molecule has 168 valence electrons. The Labute approximate surface area is 197 Å². The van der Waals surface area contributed by atoms with E-state index < -0.39 is 0 Å². The molecule has 0 aliphatic heterocycles. The Kier molecular flexibility index (Phi) is 7.48. The zero-order valence-electron chi connectivity index (χ0n) is 17.5. The van der Waals surface area contributed by atoms with Gasteiger partial charge in [0.1, 0.15) is 0 Å². The molecule has 0 bridgehead atoms. The zero-order chi connectivity index (χ0) is 23.0. The fourth-order valence-electron chi connectivity index (χ4n) is 3.08. The summed E-state index contributed by atoms with van der Waals surface area (Å²) < 4.78 is 0.987. The van der Waals surface area contributed by atoms with Crippen LogP contribution in [0.5, 0.6) is 0 Å². The molecule has 2 aromatic heterocycles. The lowest BCUT2D eigenvalue weighted by molar-refractivity contribution is -0.120.